The summed E-state index contributed by atoms with van der Waals surface area (Å²) >= 11 is 0. The summed E-state index contributed by atoms with van der Waals surface area (Å²) in [5, 5.41) is 3.20. The average Bonchev–Trinajstić information content (AvgIpc) is 2.85. The maximum atomic E-state index is 11.3. The van der Waals surface area contributed by atoms with Gasteiger partial charge in [0.05, 0.1) is 12.2 Å². The van der Waals surface area contributed by atoms with Crippen molar-refractivity contribution in [2.24, 2.45) is 11.7 Å². The van der Waals surface area contributed by atoms with E-state index in [9.17, 15) is 4.79 Å². The molecule has 0 saturated carbocycles. The van der Waals surface area contributed by atoms with Gasteiger partial charge in [-0.25, -0.2) is 4.98 Å². The third kappa shape index (κ3) is 1.74. The first-order valence-corrected chi connectivity index (χ1v) is 5.24. The molecule has 5 nitrogen and oxygen atoms in total. The Morgan fingerprint density at radius 2 is 2.53 bits per heavy atom. The highest BCUT2D eigenvalue weighted by molar-refractivity contribution is 5.78. The monoisotopic (exact) mass is 208 g/mol. The van der Waals surface area contributed by atoms with Gasteiger partial charge in [-0.1, -0.05) is 0 Å². The summed E-state index contributed by atoms with van der Waals surface area (Å²) in [7, 11) is 0. The second kappa shape index (κ2) is 4.02. The van der Waals surface area contributed by atoms with Crippen LogP contribution in [0, 0.1) is 5.92 Å². The molecule has 1 aromatic heterocycles. The van der Waals surface area contributed by atoms with E-state index in [0.29, 0.717) is 6.54 Å². The van der Waals surface area contributed by atoms with Gasteiger partial charge >= 0.3 is 0 Å². The number of carbonyl (C=O) groups is 1. The summed E-state index contributed by atoms with van der Waals surface area (Å²) in [6.45, 7) is 4.42. The smallest absolute Gasteiger partial charge is 0.222 e. The Hall–Kier alpha value is -1.36. The molecule has 15 heavy (non-hydrogen) atoms. The van der Waals surface area contributed by atoms with E-state index in [1.807, 2.05) is 6.20 Å². The maximum Gasteiger partial charge on any atom is 0.222 e. The van der Waals surface area contributed by atoms with Crippen molar-refractivity contribution in [3.05, 3.63) is 18.2 Å². The second-order valence-corrected chi connectivity index (χ2v) is 3.88. The molecule has 1 aliphatic heterocycles. The number of primary amides is 1. The zero-order chi connectivity index (χ0) is 10.8. The zero-order valence-electron chi connectivity index (χ0n) is 8.81. The van der Waals surface area contributed by atoms with E-state index in [4.69, 9.17) is 5.73 Å². The molecule has 1 amide bonds. The minimum absolute atomic E-state index is 0.105. The van der Waals surface area contributed by atoms with Crippen LogP contribution >= 0.6 is 0 Å². The number of nitrogens with one attached hydrogen (secondary N) is 1. The second-order valence-electron chi connectivity index (χ2n) is 3.88. The highest BCUT2D eigenvalue weighted by Crippen LogP contribution is 2.27. The van der Waals surface area contributed by atoms with Crippen LogP contribution in [0.2, 0.25) is 0 Å². The van der Waals surface area contributed by atoms with Gasteiger partial charge in [0.2, 0.25) is 5.91 Å². The molecule has 0 aromatic carbocycles. The van der Waals surface area contributed by atoms with Crippen molar-refractivity contribution < 1.29 is 4.79 Å². The van der Waals surface area contributed by atoms with Gasteiger partial charge in [-0.05, 0) is 6.92 Å². The Morgan fingerprint density at radius 1 is 1.73 bits per heavy atom. The summed E-state index contributed by atoms with van der Waals surface area (Å²) in [5.74, 6) is -0.161. The first-order chi connectivity index (χ1) is 7.24. The van der Waals surface area contributed by atoms with Crippen LogP contribution in [0.5, 0.6) is 0 Å². The highest BCUT2D eigenvalue weighted by Gasteiger charge is 2.34. The zero-order valence-corrected chi connectivity index (χ0v) is 8.81. The number of carbonyl (C=O) groups excluding carboxylic acids is 1. The number of hydrogen-bond acceptors (Lipinski definition) is 3. The van der Waals surface area contributed by atoms with Crippen molar-refractivity contribution in [1.82, 2.24) is 14.9 Å². The molecule has 1 aromatic rings. The number of amides is 1. The Kier molecular flexibility index (Phi) is 2.73. The summed E-state index contributed by atoms with van der Waals surface area (Å²) in [6.07, 6.45) is 3.63. The number of aryl methyl sites for hydroxylation is 1. The lowest BCUT2D eigenvalue weighted by Gasteiger charge is -2.16. The van der Waals surface area contributed by atoms with Gasteiger partial charge in [-0.3, -0.25) is 4.79 Å². The molecule has 0 bridgehead atoms. The standard InChI is InChI=1S/C10H16N4O/c1-2-14-6-13-5-9(14)7-3-12-4-8(7)10(11)15/h5-8,12H,2-4H2,1H3,(H2,11,15). The van der Waals surface area contributed by atoms with Crippen molar-refractivity contribution in [1.29, 1.82) is 0 Å². The van der Waals surface area contributed by atoms with Crippen LogP contribution in [-0.2, 0) is 11.3 Å². The molecule has 82 valence electrons. The van der Waals surface area contributed by atoms with Crippen LogP contribution in [0.1, 0.15) is 18.5 Å². The first kappa shape index (κ1) is 10.2. The number of imidazole rings is 1. The summed E-state index contributed by atoms with van der Waals surface area (Å²) in [6, 6.07) is 0. The Balaban J connectivity index is 2.26. The van der Waals surface area contributed by atoms with Gasteiger partial charge in [0.1, 0.15) is 0 Å². The molecule has 2 rings (SSSR count). The molecule has 2 atom stereocenters. The SMILES string of the molecule is CCn1cncc1C1CNCC1C(N)=O. The van der Waals surface area contributed by atoms with Gasteiger partial charge in [0.25, 0.3) is 0 Å². The minimum atomic E-state index is -0.228. The van der Waals surface area contributed by atoms with E-state index < -0.39 is 0 Å². The van der Waals surface area contributed by atoms with Crippen LogP contribution in [0.25, 0.3) is 0 Å². The summed E-state index contributed by atoms with van der Waals surface area (Å²) in [4.78, 5) is 15.4. The van der Waals surface area contributed by atoms with Gasteiger partial charge in [0.15, 0.2) is 0 Å². The van der Waals surface area contributed by atoms with Crippen molar-refractivity contribution in [3.8, 4) is 0 Å². The predicted octanol–water partition coefficient (Wildman–Crippen LogP) is -0.309. The summed E-state index contributed by atoms with van der Waals surface area (Å²) in [5.41, 5.74) is 6.48. The van der Waals surface area contributed by atoms with Crippen molar-refractivity contribution >= 4 is 5.91 Å². The van der Waals surface area contributed by atoms with E-state index in [0.717, 1.165) is 18.8 Å². The molecule has 5 heteroatoms. The Bertz CT molecular complexity index is 360. The van der Waals surface area contributed by atoms with Crippen LogP contribution in [0.15, 0.2) is 12.5 Å². The molecule has 1 saturated heterocycles. The lowest BCUT2D eigenvalue weighted by molar-refractivity contribution is -0.121. The van der Waals surface area contributed by atoms with E-state index in [1.165, 1.54) is 0 Å². The first-order valence-electron chi connectivity index (χ1n) is 5.24. The quantitative estimate of drug-likeness (QED) is 0.715. The topological polar surface area (TPSA) is 72.9 Å². The van der Waals surface area contributed by atoms with Crippen LogP contribution < -0.4 is 11.1 Å². The van der Waals surface area contributed by atoms with Crippen LogP contribution in [0.3, 0.4) is 0 Å². The number of aromatic nitrogens is 2. The third-order valence-electron chi connectivity index (χ3n) is 3.04. The molecule has 2 heterocycles. The van der Waals surface area contributed by atoms with Gasteiger partial charge < -0.3 is 15.6 Å². The average molecular weight is 208 g/mol. The number of nitrogens with zero attached hydrogens (tertiary/aromatic N) is 2. The fourth-order valence-corrected chi connectivity index (χ4v) is 2.19. The van der Waals surface area contributed by atoms with Crippen LogP contribution in [-0.4, -0.2) is 28.5 Å². The van der Waals surface area contributed by atoms with E-state index in [2.05, 4.69) is 21.8 Å². The molecule has 3 N–H and O–H groups in total. The van der Waals surface area contributed by atoms with Gasteiger partial charge in [-0.15, -0.1) is 0 Å². The van der Waals surface area contributed by atoms with Crippen molar-refractivity contribution in [2.45, 2.75) is 19.4 Å². The predicted molar refractivity (Wildman–Crippen MR) is 56.2 cm³/mol. The van der Waals surface area contributed by atoms with E-state index >= 15 is 0 Å². The lowest BCUT2D eigenvalue weighted by Crippen LogP contribution is -2.29. The number of rotatable bonds is 3. The molecule has 1 fully saturated rings. The Labute approximate surface area is 88.7 Å². The molecule has 1 aliphatic rings. The summed E-state index contributed by atoms with van der Waals surface area (Å²) < 4.78 is 2.06. The van der Waals surface area contributed by atoms with Crippen LogP contribution in [0.4, 0.5) is 0 Å². The molecule has 2 unspecified atom stereocenters. The fourth-order valence-electron chi connectivity index (χ4n) is 2.19. The maximum absolute atomic E-state index is 11.3. The van der Waals surface area contributed by atoms with Crippen molar-refractivity contribution in [2.75, 3.05) is 13.1 Å². The largest absolute Gasteiger partial charge is 0.369 e. The number of nitrogens with two attached hydrogens (primary N) is 1. The molecule has 0 radical (unpaired) electrons. The molecule has 0 aliphatic carbocycles. The molecular formula is C10H16N4O. The third-order valence-corrected chi connectivity index (χ3v) is 3.04. The Morgan fingerprint density at radius 3 is 3.20 bits per heavy atom. The minimum Gasteiger partial charge on any atom is -0.369 e. The molecular weight excluding hydrogens is 192 g/mol. The lowest BCUT2D eigenvalue weighted by atomic mass is 9.92. The fraction of sp³-hybridized carbons (Fsp3) is 0.600. The normalized spacial score (nSPS) is 25.7. The van der Waals surface area contributed by atoms with E-state index in [-0.39, 0.29) is 17.7 Å². The van der Waals surface area contributed by atoms with Crippen molar-refractivity contribution in [3.63, 3.8) is 0 Å². The van der Waals surface area contributed by atoms with Gasteiger partial charge in [-0.2, -0.15) is 0 Å². The van der Waals surface area contributed by atoms with E-state index in [1.54, 1.807) is 6.33 Å². The highest BCUT2D eigenvalue weighted by atomic mass is 16.1. The molecule has 0 spiro atoms. The number of hydrogen-bond donors (Lipinski definition) is 2. The van der Waals surface area contributed by atoms with Gasteiger partial charge in [0, 0.05) is 37.4 Å².